The van der Waals surface area contributed by atoms with Crippen LogP contribution in [0.5, 0.6) is 17.2 Å². The summed E-state index contributed by atoms with van der Waals surface area (Å²) >= 11 is 0. The Morgan fingerprint density at radius 1 is 1.17 bits per heavy atom. The number of para-hydroxylation sites is 1. The van der Waals surface area contributed by atoms with Crippen LogP contribution in [0.25, 0.3) is 0 Å². The van der Waals surface area contributed by atoms with Gasteiger partial charge in [0.15, 0.2) is 11.5 Å². The molecule has 2 N–H and O–H groups in total. The van der Waals surface area contributed by atoms with Crippen LogP contribution < -0.4 is 19.9 Å². The molecule has 0 aliphatic rings. The van der Waals surface area contributed by atoms with Crippen molar-refractivity contribution in [3.8, 4) is 17.2 Å². The van der Waals surface area contributed by atoms with E-state index in [0.717, 1.165) is 6.54 Å². The van der Waals surface area contributed by atoms with Crippen LogP contribution in [-0.4, -0.2) is 52.4 Å². The highest BCUT2D eigenvalue weighted by Gasteiger charge is 2.12. The molecule has 0 saturated carbocycles. The van der Waals surface area contributed by atoms with Crippen LogP contribution in [0.1, 0.15) is 0 Å². The van der Waals surface area contributed by atoms with Crippen molar-refractivity contribution in [1.82, 2.24) is 4.90 Å². The molecule has 5 nitrogen and oxygen atoms in total. The molecule has 1 aromatic carbocycles. The monoisotopic (exact) mass is 254 g/mol. The summed E-state index contributed by atoms with van der Waals surface area (Å²) in [6.45, 7) is 1.20. The fourth-order valence-electron chi connectivity index (χ4n) is 1.69. The fraction of sp³-hybridized carbons (Fsp3) is 0.538. The minimum absolute atomic E-state index is 0.0455. The summed E-state index contributed by atoms with van der Waals surface area (Å²) in [6, 6.07) is 5.47. The third-order valence-corrected chi connectivity index (χ3v) is 2.42. The van der Waals surface area contributed by atoms with Crippen LogP contribution in [0.3, 0.4) is 0 Å². The van der Waals surface area contributed by atoms with Crippen molar-refractivity contribution in [3.63, 3.8) is 0 Å². The summed E-state index contributed by atoms with van der Waals surface area (Å²) in [5.74, 6) is 1.89. The maximum atomic E-state index is 5.95. The van der Waals surface area contributed by atoms with Crippen molar-refractivity contribution in [1.29, 1.82) is 0 Å². The summed E-state index contributed by atoms with van der Waals surface area (Å²) in [6.07, 6.45) is 0. The molecule has 18 heavy (non-hydrogen) atoms. The van der Waals surface area contributed by atoms with Crippen LogP contribution in [-0.2, 0) is 0 Å². The van der Waals surface area contributed by atoms with E-state index in [9.17, 15) is 0 Å². The summed E-state index contributed by atoms with van der Waals surface area (Å²) in [7, 11) is 7.14. The van der Waals surface area contributed by atoms with Crippen molar-refractivity contribution in [2.24, 2.45) is 5.73 Å². The summed E-state index contributed by atoms with van der Waals surface area (Å²) < 4.78 is 16.2. The fourth-order valence-corrected chi connectivity index (χ4v) is 1.69. The number of hydrogen-bond donors (Lipinski definition) is 1. The lowest BCUT2D eigenvalue weighted by Crippen LogP contribution is -2.38. The molecule has 1 aromatic rings. The first-order valence-corrected chi connectivity index (χ1v) is 5.82. The zero-order chi connectivity index (χ0) is 13.5. The SMILES string of the molecule is COc1cccc(OCC(N)CN(C)C)c1OC. The molecule has 0 heterocycles. The van der Waals surface area contributed by atoms with Crippen LogP contribution in [0, 0.1) is 0 Å². The molecule has 102 valence electrons. The molecule has 1 rings (SSSR count). The second kappa shape index (κ2) is 7.08. The number of nitrogens with two attached hydrogens (primary N) is 1. The van der Waals surface area contributed by atoms with Gasteiger partial charge in [-0.25, -0.2) is 0 Å². The van der Waals surface area contributed by atoms with E-state index in [2.05, 4.69) is 0 Å². The zero-order valence-corrected chi connectivity index (χ0v) is 11.5. The smallest absolute Gasteiger partial charge is 0.203 e. The van der Waals surface area contributed by atoms with Crippen LogP contribution in [0.4, 0.5) is 0 Å². The molecule has 0 spiro atoms. The van der Waals surface area contributed by atoms with Crippen LogP contribution in [0.2, 0.25) is 0 Å². The van der Waals surface area contributed by atoms with Crippen LogP contribution >= 0.6 is 0 Å². The van der Waals surface area contributed by atoms with Crippen molar-refractivity contribution in [2.75, 3.05) is 41.5 Å². The Morgan fingerprint density at radius 3 is 2.39 bits per heavy atom. The lowest BCUT2D eigenvalue weighted by molar-refractivity contribution is 0.241. The molecule has 0 fully saturated rings. The number of likely N-dealkylation sites (N-methyl/N-ethyl adjacent to an activating group) is 1. The number of nitrogens with zero attached hydrogens (tertiary/aromatic N) is 1. The van der Waals surface area contributed by atoms with E-state index < -0.39 is 0 Å². The maximum absolute atomic E-state index is 5.95. The number of rotatable bonds is 7. The van der Waals surface area contributed by atoms with Crippen molar-refractivity contribution in [2.45, 2.75) is 6.04 Å². The van der Waals surface area contributed by atoms with Crippen molar-refractivity contribution >= 4 is 0 Å². The minimum atomic E-state index is -0.0455. The van der Waals surface area contributed by atoms with E-state index >= 15 is 0 Å². The molecule has 0 aromatic heterocycles. The Balaban J connectivity index is 2.67. The minimum Gasteiger partial charge on any atom is -0.493 e. The predicted octanol–water partition coefficient (Wildman–Crippen LogP) is 0.971. The standard InChI is InChI=1S/C13H22N2O3/c1-15(2)8-10(14)9-18-12-7-5-6-11(16-3)13(12)17-4/h5-7,10H,8-9,14H2,1-4H3. The van der Waals surface area contributed by atoms with Gasteiger partial charge in [0, 0.05) is 6.54 Å². The highest BCUT2D eigenvalue weighted by Crippen LogP contribution is 2.36. The Hall–Kier alpha value is -1.46. The van der Waals surface area contributed by atoms with Gasteiger partial charge in [0.25, 0.3) is 0 Å². The average molecular weight is 254 g/mol. The summed E-state index contributed by atoms with van der Waals surface area (Å²) in [5.41, 5.74) is 5.95. The van der Waals surface area contributed by atoms with Gasteiger partial charge in [-0.3, -0.25) is 0 Å². The summed E-state index contributed by atoms with van der Waals surface area (Å²) in [4.78, 5) is 2.02. The second-order valence-electron chi connectivity index (χ2n) is 4.32. The van der Waals surface area contributed by atoms with E-state index in [4.69, 9.17) is 19.9 Å². The topological polar surface area (TPSA) is 57.0 Å². The maximum Gasteiger partial charge on any atom is 0.203 e. The quantitative estimate of drug-likeness (QED) is 0.786. The molecule has 0 amide bonds. The predicted molar refractivity (Wildman–Crippen MR) is 71.6 cm³/mol. The number of hydrogen-bond acceptors (Lipinski definition) is 5. The Kier molecular flexibility index (Phi) is 5.74. The van der Waals surface area contributed by atoms with Crippen molar-refractivity contribution in [3.05, 3.63) is 18.2 Å². The normalized spacial score (nSPS) is 12.3. The van der Waals surface area contributed by atoms with Gasteiger partial charge in [-0.2, -0.15) is 0 Å². The van der Waals surface area contributed by atoms with E-state index in [0.29, 0.717) is 23.9 Å². The molecule has 1 unspecified atom stereocenters. The van der Waals surface area contributed by atoms with Crippen LogP contribution in [0.15, 0.2) is 18.2 Å². The van der Waals surface area contributed by atoms with Gasteiger partial charge < -0.3 is 24.8 Å². The van der Waals surface area contributed by atoms with E-state index in [1.54, 1.807) is 14.2 Å². The Labute approximate surface area is 108 Å². The first-order valence-electron chi connectivity index (χ1n) is 5.82. The molecule has 0 saturated heterocycles. The van der Waals surface area contributed by atoms with Gasteiger partial charge in [-0.05, 0) is 26.2 Å². The molecule has 0 aliphatic carbocycles. The third-order valence-electron chi connectivity index (χ3n) is 2.42. The van der Waals surface area contributed by atoms with Gasteiger partial charge in [0.05, 0.1) is 20.3 Å². The van der Waals surface area contributed by atoms with Gasteiger partial charge in [-0.15, -0.1) is 0 Å². The average Bonchev–Trinajstić information content (AvgIpc) is 2.34. The van der Waals surface area contributed by atoms with Gasteiger partial charge in [0.2, 0.25) is 5.75 Å². The van der Waals surface area contributed by atoms with E-state index in [1.807, 2.05) is 37.2 Å². The molecule has 0 aliphatic heterocycles. The lowest BCUT2D eigenvalue weighted by Gasteiger charge is -2.19. The zero-order valence-electron chi connectivity index (χ0n) is 11.5. The molecule has 5 heteroatoms. The van der Waals surface area contributed by atoms with Crippen molar-refractivity contribution < 1.29 is 14.2 Å². The largest absolute Gasteiger partial charge is 0.493 e. The third kappa shape index (κ3) is 4.09. The lowest BCUT2D eigenvalue weighted by atomic mass is 10.3. The Bertz CT molecular complexity index is 369. The molecular formula is C13H22N2O3. The molecule has 0 bridgehead atoms. The number of ether oxygens (including phenoxy) is 3. The first-order chi connectivity index (χ1) is 8.58. The highest BCUT2D eigenvalue weighted by molar-refractivity contribution is 5.51. The number of benzene rings is 1. The molecule has 0 radical (unpaired) electrons. The van der Waals surface area contributed by atoms with Gasteiger partial charge in [-0.1, -0.05) is 6.07 Å². The van der Waals surface area contributed by atoms with Gasteiger partial charge in [0.1, 0.15) is 6.61 Å². The molecule has 1 atom stereocenters. The number of methoxy groups -OCH3 is 2. The van der Waals surface area contributed by atoms with E-state index in [1.165, 1.54) is 0 Å². The van der Waals surface area contributed by atoms with Gasteiger partial charge >= 0.3 is 0 Å². The summed E-state index contributed by atoms with van der Waals surface area (Å²) in [5, 5.41) is 0. The Morgan fingerprint density at radius 2 is 1.83 bits per heavy atom. The van der Waals surface area contributed by atoms with E-state index in [-0.39, 0.29) is 6.04 Å². The first kappa shape index (κ1) is 14.6. The molecular weight excluding hydrogens is 232 g/mol. The second-order valence-corrected chi connectivity index (χ2v) is 4.32. The highest BCUT2D eigenvalue weighted by atomic mass is 16.5.